The molecule has 0 fully saturated rings. The van der Waals surface area contributed by atoms with E-state index in [2.05, 4.69) is 43.7 Å². The summed E-state index contributed by atoms with van der Waals surface area (Å²) in [5.74, 6) is -0.246. The van der Waals surface area contributed by atoms with Gasteiger partial charge in [-0.05, 0) is 44.5 Å². The first kappa shape index (κ1) is 16.7. The van der Waals surface area contributed by atoms with Gasteiger partial charge in [0.2, 0.25) is 0 Å². The maximum Gasteiger partial charge on any atom is 0.340 e. The Hall–Kier alpha value is -1.68. The minimum absolute atomic E-state index is 0.246. The molecule has 0 spiro atoms. The topological polar surface area (TPSA) is 39.2 Å². The molecule has 1 aromatic carbocycles. The Bertz CT molecular complexity index is 717. The van der Waals surface area contributed by atoms with Gasteiger partial charge in [0.05, 0.1) is 23.4 Å². The zero-order valence-corrected chi connectivity index (χ0v) is 15.4. The van der Waals surface area contributed by atoms with Crippen molar-refractivity contribution in [2.75, 3.05) is 6.61 Å². The number of aryl methyl sites for hydroxylation is 2. The quantitative estimate of drug-likeness (QED) is 0.618. The molecule has 0 saturated heterocycles. The molecular weight excluding hydrogens is 290 g/mol. The van der Waals surface area contributed by atoms with E-state index in [1.165, 1.54) is 5.56 Å². The molecule has 0 bridgehead atoms. The van der Waals surface area contributed by atoms with E-state index < -0.39 is 8.07 Å². The second kappa shape index (κ2) is 6.21. The van der Waals surface area contributed by atoms with Crippen LogP contribution in [0.3, 0.4) is 0 Å². The number of carbonyl (C=O) groups excluding carboxylic acids is 1. The number of nitrogens with zero attached hydrogens (tertiary/aromatic N) is 1. The van der Waals surface area contributed by atoms with E-state index >= 15 is 0 Å². The molecule has 0 aliphatic heterocycles. The van der Waals surface area contributed by atoms with E-state index in [1.807, 2.05) is 19.9 Å². The van der Waals surface area contributed by atoms with Crippen LogP contribution in [0, 0.1) is 13.8 Å². The predicted octanol–water partition coefficient (Wildman–Crippen LogP) is 4.45. The number of rotatable bonds is 4. The summed E-state index contributed by atoms with van der Waals surface area (Å²) in [6, 6.07) is 7.20. The fourth-order valence-corrected chi connectivity index (χ4v) is 4.19. The minimum atomic E-state index is -1.39. The number of ether oxygens (including phenoxy) is 1. The van der Waals surface area contributed by atoms with Gasteiger partial charge in [-0.3, -0.25) is 4.98 Å². The smallest absolute Gasteiger partial charge is 0.340 e. The first-order chi connectivity index (χ1) is 10.2. The highest BCUT2D eigenvalue weighted by atomic mass is 28.3. The first-order valence-corrected chi connectivity index (χ1v) is 11.5. The number of esters is 1. The first-order valence-electron chi connectivity index (χ1n) is 7.80. The van der Waals surface area contributed by atoms with E-state index in [9.17, 15) is 4.79 Å². The van der Waals surface area contributed by atoms with Crippen molar-refractivity contribution in [1.29, 1.82) is 0 Å². The van der Waals surface area contributed by atoms with Crippen LogP contribution in [-0.2, 0) is 10.8 Å². The molecular formula is C18H25NO2Si. The van der Waals surface area contributed by atoms with Crippen molar-refractivity contribution in [3.63, 3.8) is 0 Å². The SMILES string of the molecule is CCOC(=O)c1c(C)nc2ccc(C)cc2c1C[Si](C)(C)C. The lowest BCUT2D eigenvalue weighted by Gasteiger charge is -2.21. The summed E-state index contributed by atoms with van der Waals surface area (Å²) in [5, 5.41) is 1.09. The van der Waals surface area contributed by atoms with Crippen LogP contribution in [0.4, 0.5) is 0 Å². The van der Waals surface area contributed by atoms with E-state index in [-0.39, 0.29) is 5.97 Å². The highest BCUT2D eigenvalue weighted by Gasteiger charge is 2.24. The van der Waals surface area contributed by atoms with Gasteiger partial charge >= 0.3 is 5.97 Å². The third-order valence-electron chi connectivity index (χ3n) is 3.62. The lowest BCUT2D eigenvalue weighted by molar-refractivity contribution is 0.0524. The van der Waals surface area contributed by atoms with Crippen molar-refractivity contribution >= 4 is 24.9 Å². The van der Waals surface area contributed by atoms with Crippen molar-refractivity contribution in [2.45, 2.75) is 46.5 Å². The summed E-state index contributed by atoms with van der Waals surface area (Å²) in [6.45, 7) is 13.2. The molecule has 118 valence electrons. The van der Waals surface area contributed by atoms with E-state index in [1.54, 1.807) is 0 Å². The molecule has 0 aliphatic rings. The molecule has 0 radical (unpaired) electrons. The molecule has 2 rings (SSSR count). The van der Waals surface area contributed by atoms with Crippen LogP contribution in [0.15, 0.2) is 18.2 Å². The van der Waals surface area contributed by atoms with Gasteiger partial charge in [-0.15, -0.1) is 0 Å². The molecule has 2 aromatic rings. The number of benzene rings is 1. The number of carbonyl (C=O) groups is 1. The molecule has 0 unspecified atom stereocenters. The van der Waals surface area contributed by atoms with Crippen LogP contribution in [0.2, 0.25) is 19.6 Å². The number of hydrogen-bond donors (Lipinski definition) is 0. The molecule has 0 saturated carbocycles. The van der Waals surface area contributed by atoms with Gasteiger partial charge in [0.15, 0.2) is 0 Å². The third kappa shape index (κ3) is 3.55. The Kier molecular flexibility index (Phi) is 4.71. The normalized spacial score (nSPS) is 11.7. The Morgan fingerprint density at radius 3 is 2.50 bits per heavy atom. The van der Waals surface area contributed by atoms with Gasteiger partial charge in [0.1, 0.15) is 0 Å². The van der Waals surface area contributed by atoms with Crippen molar-refractivity contribution < 1.29 is 9.53 Å². The van der Waals surface area contributed by atoms with Gasteiger partial charge in [0, 0.05) is 13.5 Å². The fourth-order valence-electron chi connectivity index (χ4n) is 2.77. The summed E-state index contributed by atoms with van der Waals surface area (Å²) >= 11 is 0. The second-order valence-corrected chi connectivity index (χ2v) is 12.5. The second-order valence-electron chi connectivity index (χ2n) is 7.03. The standard InChI is InChI=1S/C18H25NO2Si/c1-7-21-18(20)17-13(3)19-16-9-8-12(2)10-14(16)15(17)11-22(4,5)6/h8-10H,7,11H2,1-6H3. The number of pyridine rings is 1. The van der Waals surface area contributed by atoms with Crippen molar-refractivity contribution in [1.82, 2.24) is 4.98 Å². The van der Waals surface area contributed by atoms with Crippen molar-refractivity contribution in [3.8, 4) is 0 Å². The maximum absolute atomic E-state index is 12.5. The van der Waals surface area contributed by atoms with Crippen LogP contribution >= 0.6 is 0 Å². The molecule has 0 aliphatic carbocycles. The number of aromatic nitrogens is 1. The summed E-state index contributed by atoms with van der Waals surface area (Å²) < 4.78 is 5.28. The third-order valence-corrected chi connectivity index (χ3v) is 5.03. The Labute approximate surface area is 133 Å². The van der Waals surface area contributed by atoms with Gasteiger partial charge in [-0.25, -0.2) is 4.79 Å². The van der Waals surface area contributed by atoms with Gasteiger partial charge in [-0.1, -0.05) is 31.3 Å². The van der Waals surface area contributed by atoms with Crippen LogP contribution in [0.25, 0.3) is 10.9 Å². The van der Waals surface area contributed by atoms with E-state index in [0.717, 1.165) is 28.2 Å². The largest absolute Gasteiger partial charge is 0.462 e. The Morgan fingerprint density at radius 2 is 1.91 bits per heavy atom. The molecule has 1 aromatic heterocycles. The molecule has 0 amide bonds. The Balaban J connectivity index is 2.77. The molecule has 1 heterocycles. The average molecular weight is 315 g/mol. The lowest BCUT2D eigenvalue weighted by Crippen LogP contribution is -2.26. The van der Waals surface area contributed by atoms with Crippen LogP contribution in [0.1, 0.15) is 34.1 Å². The molecule has 0 N–H and O–H groups in total. The zero-order chi connectivity index (χ0) is 16.5. The average Bonchev–Trinajstić information content (AvgIpc) is 2.38. The highest BCUT2D eigenvalue weighted by molar-refractivity contribution is 6.75. The van der Waals surface area contributed by atoms with Crippen LogP contribution in [-0.4, -0.2) is 25.6 Å². The Morgan fingerprint density at radius 1 is 1.23 bits per heavy atom. The zero-order valence-electron chi connectivity index (χ0n) is 14.4. The maximum atomic E-state index is 12.5. The van der Waals surface area contributed by atoms with Crippen molar-refractivity contribution in [2.24, 2.45) is 0 Å². The van der Waals surface area contributed by atoms with Gasteiger partial charge in [0.25, 0.3) is 0 Å². The predicted molar refractivity (Wildman–Crippen MR) is 94.2 cm³/mol. The molecule has 0 atom stereocenters. The van der Waals surface area contributed by atoms with Crippen LogP contribution in [0.5, 0.6) is 0 Å². The fraction of sp³-hybridized carbons (Fsp3) is 0.444. The van der Waals surface area contributed by atoms with Crippen LogP contribution < -0.4 is 0 Å². The lowest BCUT2D eigenvalue weighted by atomic mass is 10.0. The summed E-state index contributed by atoms with van der Waals surface area (Å²) in [7, 11) is -1.39. The summed E-state index contributed by atoms with van der Waals surface area (Å²) in [5.41, 5.74) is 4.70. The number of fused-ring (bicyclic) bond motifs is 1. The van der Waals surface area contributed by atoms with Gasteiger partial charge < -0.3 is 4.74 Å². The van der Waals surface area contributed by atoms with Crippen molar-refractivity contribution in [3.05, 3.63) is 40.6 Å². The summed E-state index contributed by atoms with van der Waals surface area (Å²) in [4.78, 5) is 17.1. The van der Waals surface area contributed by atoms with E-state index in [4.69, 9.17) is 4.74 Å². The molecule has 3 nitrogen and oxygen atoms in total. The minimum Gasteiger partial charge on any atom is -0.462 e. The monoisotopic (exact) mass is 315 g/mol. The molecule has 22 heavy (non-hydrogen) atoms. The summed E-state index contributed by atoms with van der Waals surface area (Å²) in [6.07, 6.45) is 0. The highest BCUT2D eigenvalue weighted by Crippen LogP contribution is 2.28. The van der Waals surface area contributed by atoms with E-state index in [0.29, 0.717) is 12.2 Å². The molecule has 4 heteroatoms. The van der Waals surface area contributed by atoms with Gasteiger partial charge in [-0.2, -0.15) is 0 Å². The number of hydrogen-bond acceptors (Lipinski definition) is 3.